The van der Waals surface area contributed by atoms with Crippen LogP contribution in [-0.4, -0.2) is 38.8 Å². The molecule has 1 atom stereocenters. The highest BCUT2D eigenvalue weighted by atomic mass is 16.7. The van der Waals surface area contributed by atoms with E-state index in [1.807, 2.05) is 12.1 Å². The molecule has 0 aliphatic rings. The van der Waals surface area contributed by atoms with Gasteiger partial charge in [-0.15, -0.1) is 0 Å². The summed E-state index contributed by atoms with van der Waals surface area (Å²) in [7, 11) is 0. The molecule has 0 bridgehead atoms. The van der Waals surface area contributed by atoms with Crippen molar-refractivity contribution in [3.05, 3.63) is 24.7 Å². The van der Waals surface area contributed by atoms with Crippen LogP contribution in [0.1, 0.15) is 12.8 Å². The maximum absolute atomic E-state index is 10.5. The van der Waals surface area contributed by atoms with Gasteiger partial charge in [-0.25, -0.2) is 4.79 Å². The van der Waals surface area contributed by atoms with E-state index in [1.54, 1.807) is 12.5 Å². The van der Waals surface area contributed by atoms with Crippen molar-refractivity contribution in [3.63, 3.8) is 0 Å². The van der Waals surface area contributed by atoms with Gasteiger partial charge in [-0.3, -0.25) is 9.59 Å². The number of carboxylic acid groups (broad SMARTS) is 2. The number of hydrogen-bond donors (Lipinski definition) is 4. The summed E-state index contributed by atoms with van der Waals surface area (Å²) in [6.07, 6.45) is 1.11. The molecule has 1 unspecified atom stereocenters. The van der Waals surface area contributed by atoms with Crippen LogP contribution in [0.25, 0.3) is 0 Å². The lowest BCUT2D eigenvalue weighted by molar-refractivity contribution is -0.172. The van der Waals surface area contributed by atoms with Crippen molar-refractivity contribution in [2.24, 2.45) is 5.90 Å². The van der Waals surface area contributed by atoms with Gasteiger partial charge in [0.05, 0.1) is 25.4 Å². The second kappa shape index (κ2) is 7.84. The molecule has 0 amide bonds. The zero-order valence-electron chi connectivity index (χ0n) is 9.68. The van der Waals surface area contributed by atoms with E-state index in [2.05, 4.69) is 15.2 Å². The Hall–Kier alpha value is -2.39. The van der Waals surface area contributed by atoms with Crippen molar-refractivity contribution in [3.8, 4) is 0 Å². The van der Waals surface area contributed by atoms with Crippen molar-refractivity contribution < 1.29 is 39.0 Å². The predicted octanol–water partition coefficient (Wildman–Crippen LogP) is -0.637. The summed E-state index contributed by atoms with van der Waals surface area (Å²) in [5.41, 5.74) is -2.69. The molecule has 9 nitrogen and oxygen atoms in total. The van der Waals surface area contributed by atoms with Gasteiger partial charge in [-0.1, -0.05) is 0 Å². The molecule has 1 aromatic rings. The first-order valence-corrected chi connectivity index (χ1v) is 4.86. The topological polar surface area (TPSA) is 160 Å². The summed E-state index contributed by atoms with van der Waals surface area (Å²) in [6, 6.07) is 3.67. The Kier molecular flexibility index (Phi) is 6.86. The Labute approximate surface area is 107 Å². The average molecular weight is 275 g/mol. The number of carbonyl (C=O) groups excluding carboxylic acids is 1. The molecule has 5 N–H and O–H groups in total. The van der Waals surface area contributed by atoms with Crippen LogP contribution in [0, 0.1) is 0 Å². The number of carboxylic acids is 2. The van der Waals surface area contributed by atoms with E-state index >= 15 is 0 Å². The lowest BCUT2D eigenvalue weighted by atomic mass is 9.96. The fourth-order valence-corrected chi connectivity index (χ4v) is 0.971. The fourth-order valence-electron chi connectivity index (χ4n) is 0.971. The lowest BCUT2D eigenvalue weighted by Crippen LogP contribution is -2.43. The summed E-state index contributed by atoms with van der Waals surface area (Å²) >= 11 is 0. The molecule has 0 fully saturated rings. The van der Waals surface area contributed by atoms with E-state index in [-0.39, 0.29) is 0 Å². The lowest BCUT2D eigenvalue weighted by Gasteiger charge is -2.19. The average Bonchev–Trinajstić information content (AvgIpc) is 2.85. The third-order valence-electron chi connectivity index (χ3n) is 1.84. The van der Waals surface area contributed by atoms with Crippen LogP contribution in [0.5, 0.6) is 0 Å². The Balaban J connectivity index is 0.000000532. The summed E-state index contributed by atoms with van der Waals surface area (Å²) in [5.74, 6) is -0.187. The minimum atomic E-state index is -2.69. The molecule has 0 aliphatic heterocycles. The summed E-state index contributed by atoms with van der Waals surface area (Å²) in [4.78, 5) is 34.8. The highest BCUT2D eigenvalue weighted by Gasteiger charge is 2.41. The zero-order chi connectivity index (χ0) is 14.9. The number of rotatable bonds is 5. The van der Waals surface area contributed by atoms with Gasteiger partial charge in [0.25, 0.3) is 0 Å². The van der Waals surface area contributed by atoms with Crippen LogP contribution in [-0.2, 0) is 19.2 Å². The quantitative estimate of drug-likeness (QED) is 0.512. The molecule has 106 valence electrons. The largest absolute Gasteiger partial charge is 0.481 e. The van der Waals surface area contributed by atoms with Crippen molar-refractivity contribution in [2.75, 3.05) is 0 Å². The van der Waals surface area contributed by atoms with Crippen molar-refractivity contribution in [1.29, 1.82) is 0 Å². The first-order valence-electron chi connectivity index (χ1n) is 4.86. The number of aliphatic hydroxyl groups is 1. The van der Waals surface area contributed by atoms with Gasteiger partial charge in [-0.2, -0.15) is 5.90 Å². The molecule has 1 rings (SSSR count). The van der Waals surface area contributed by atoms with Crippen molar-refractivity contribution >= 4 is 17.9 Å². The summed E-state index contributed by atoms with van der Waals surface area (Å²) in [5, 5.41) is 26.0. The Morgan fingerprint density at radius 2 is 1.68 bits per heavy atom. The molecule has 1 aromatic heterocycles. The van der Waals surface area contributed by atoms with E-state index in [0.717, 1.165) is 0 Å². The van der Waals surface area contributed by atoms with Crippen LogP contribution in [0.2, 0.25) is 0 Å². The standard InChI is InChI=1S/C6H9NO7.C4H4O/c7-14-4(10)2-6(13,5(11)12)1-3(8)9;1-2-4-5-3-1/h13H,1-2,7H2,(H,8,9)(H,11,12);1-4H. The van der Waals surface area contributed by atoms with Crippen molar-refractivity contribution in [1.82, 2.24) is 0 Å². The smallest absolute Gasteiger partial charge is 0.336 e. The first-order chi connectivity index (χ1) is 8.81. The fraction of sp³-hybridized carbons (Fsp3) is 0.300. The van der Waals surface area contributed by atoms with Crippen LogP contribution in [0.4, 0.5) is 0 Å². The van der Waals surface area contributed by atoms with Crippen molar-refractivity contribution in [2.45, 2.75) is 18.4 Å². The van der Waals surface area contributed by atoms with Gasteiger partial charge in [0.1, 0.15) is 0 Å². The number of hydrogen-bond acceptors (Lipinski definition) is 7. The number of aliphatic carboxylic acids is 2. The molecular weight excluding hydrogens is 262 g/mol. The third kappa shape index (κ3) is 6.81. The molecule has 19 heavy (non-hydrogen) atoms. The highest BCUT2D eigenvalue weighted by Crippen LogP contribution is 2.16. The zero-order valence-corrected chi connectivity index (χ0v) is 9.68. The van der Waals surface area contributed by atoms with Gasteiger partial charge in [-0.05, 0) is 12.1 Å². The SMILES string of the molecule is NOC(=O)CC(O)(CC(=O)O)C(=O)O.c1ccoc1. The summed E-state index contributed by atoms with van der Waals surface area (Å²) < 4.78 is 4.58. The molecule has 1 heterocycles. The van der Waals surface area contributed by atoms with Gasteiger partial charge >= 0.3 is 17.9 Å². The van der Waals surface area contributed by atoms with E-state index in [0.29, 0.717) is 0 Å². The van der Waals surface area contributed by atoms with Crippen LogP contribution < -0.4 is 5.90 Å². The molecule has 0 saturated carbocycles. The van der Waals surface area contributed by atoms with Gasteiger partial charge in [0.15, 0.2) is 5.60 Å². The molecule has 0 saturated heterocycles. The van der Waals surface area contributed by atoms with E-state index in [4.69, 9.17) is 10.2 Å². The van der Waals surface area contributed by atoms with Crippen LogP contribution >= 0.6 is 0 Å². The number of furan rings is 1. The normalized spacial score (nSPS) is 12.5. The van der Waals surface area contributed by atoms with E-state index in [9.17, 15) is 19.5 Å². The summed E-state index contributed by atoms with van der Waals surface area (Å²) in [6.45, 7) is 0. The minimum Gasteiger partial charge on any atom is -0.481 e. The Morgan fingerprint density at radius 3 is 1.95 bits per heavy atom. The second-order valence-electron chi connectivity index (χ2n) is 3.37. The molecule has 9 heteroatoms. The number of carbonyl (C=O) groups is 3. The predicted molar refractivity (Wildman–Crippen MR) is 58.4 cm³/mol. The van der Waals surface area contributed by atoms with E-state index < -0.39 is 36.4 Å². The maximum Gasteiger partial charge on any atom is 0.336 e. The van der Waals surface area contributed by atoms with Gasteiger partial charge in [0, 0.05) is 0 Å². The minimum absolute atomic E-state index is 1.02. The maximum atomic E-state index is 10.5. The molecule has 0 aliphatic carbocycles. The van der Waals surface area contributed by atoms with Gasteiger partial charge in [0.2, 0.25) is 0 Å². The monoisotopic (exact) mass is 275 g/mol. The van der Waals surface area contributed by atoms with Gasteiger partial charge < -0.3 is 24.6 Å². The van der Waals surface area contributed by atoms with Crippen LogP contribution in [0.3, 0.4) is 0 Å². The van der Waals surface area contributed by atoms with E-state index in [1.165, 1.54) is 0 Å². The second-order valence-corrected chi connectivity index (χ2v) is 3.37. The molecule has 0 spiro atoms. The number of nitrogens with two attached hydrogens (primary N) is 1. The van der Waals surface area contributed by atoms with Crippen LogP contribution in [0.15, 0.2) is 29.1 Å². The molecule has 0 radical (unpaired) electrons. The Morgan fingerprint density at radius 1 is 1.16 bits per heavy atom. The third-order valence-corrected chi connectivity index (χ3v) is 1.84. The first kappa shape index (κ1) is 16.6. The highest BCUT2D eigenvalue weighted by molar-refractivity contribution is 5.88. The Bertz CT molecular complexity index is 398. The molecular formula is C10H13NO8. The molecule has 0 aromatic carbocycles.